The first-order valence-electron chi connectivity index (χ1n) is 4.57. The molecule has 1 amide bonds. The lowest BCUT2D eigenvalue weighted by molar-refractivity contribution is -0.123. The highest BCUT2D eigenvalue weighted by Crippen LogP contribution is 2.17. The minimum atomic E-state index is -0.977. The molecule has 1 atom stereocenters. The average molecular weight is 193 g/mol. The predicted octanol–water partition coefficient (Wildman–Crippen LogP) is 1.62. The maximum Gasteiger partial charge on any atom is 0.252 e. The fourth-order valence-corrected chi connectivity index (χ4v) is 1.12. The second-order valence-corrected chi connectivity index (χ2v) is 3.41. The summed E-state index contributed by atoms with van der Waals surface area (Å²) in [6.07, 6.45) is -0.977. The van der Waals surface area contributed by atoms with Crippen molar-refractivity contribution in [3.8, 4) is 0 Å². The molecule has 0 aromatic heterocycles. The third kappa shape index (κ3) is 2.33. The molecule has 0 fully saturated rings. The van der Waals surface area contributed by atoms with E-state index >= 15 is 0 Å². The van der Waals surface area contributed by atoms with Crippen LogP contribution in [0.15, 0.2) is 18.2 Å². The van der Waals surface area contributed by atoms with E-state index in [2.05, 4.69) is 5.32 Å². The molecule has 0 saturated carbocycles. The summed E-state index contributed by atoms with van der Waals surface area (Å²) in [5.74, 6) is -0.376. The topological polar surface area (TPSA) is 49.3 Å². The Labute approximate surface area is 83.8 Å². The van der Waals surface area contributed by atoms with E-state index in [0.29, 0.717) is 0 Å². The minimum absolute atomic E-state index is 0.376. The monoisotopic (exact) mass is 193 g/mol. The molecule has 1 rings (SSSR count). The summed E-state index contributed by atoms with van der Waals surface area (Å²) in [5, 5.41) is 11.7. The van der Waals surface area contributed by atoms with Crippen molar-refractivity contribution in [1.82, 2.24) is 0 Å². The van der Waals surface area contributed by atoms with Crippen LogP contribution in [0, 0.1) is 13.8 Å². The van der Waals surface area contributed by atoms with Gasteiger partial charge in [-0.05, 0) is 38.0 Å². The lowest BCUT2D eigenvalue weighted by Gasteiger charge is -2.11. The molecule has 76 valence electrons. The summed E-state index contributed by atoms with van der Waals surface area (Å²) in [6, 6.07) is 5.68. The Kier molecular flexibility index (Phi) is 3.25. The van der Waals surface area contributed by atoms with Crippen LogP contribution < -0.4 is 5.32 Å². The summed E-state index contributed by atoms with van der Waals surface area (Å²) >= 11 is 0. The molecule has 0 bridgehead atoms. The summed E-state index contributed by atoms with van der Waals surface area (Å²) < 4.78 is 0. The van der Waals surface area contributed by atoms with Crippen molar-refractivity contribution in [2.75, 3.05) is 5.32 Å². The number of carbonyl (C=O) groups excluding carboxylic acids is 1. The van der Waals surface area contributed by atoms with Crippen LogP contribution >= 0.6 is 0 Å². The maximum absolute atomic E-state index is 11.2. The molecule has 1 aromatic carbocycles. The molecule has 3 heteroatoms. The number of anilines is 1. The van der Waals surface area contributed by atoms with Crippen molar-refractivity contribution in [1.29, 1.82) is 0 Å². The zero-order valence-corrected chi connectivity index (χ0v) is 8.66. The van der Waals surface area contributed by atoms with Gasteiger partial charge in [0, 0.05) is 5.69 Å². The Balaban J connectivity index is 2.87. The molecular formula is C11H15NO2. The van der Waals surface area contributed by atoms with E-state index < -0.39 is 6.10 Å². The van der Waals surface area contributed by atoms with E-state index in [-0.39, 0.29) is 5.91 Å². The smallest absolute Gasteiger partial charge is 0.252 e. The standard InChI is InChI=1S/C11H15NO2/c1-7-5-4-6-10(8(7)2)12-11(14)9(3)13/h4-6,9,13H,1-3H3,(H,12,14). The van der Waals surface area contributed by atoms with Gasteiger partial charge in [-0.25, -0.2) is 0 Å². The number of amides is 1. The van der Waals surface area contributed by atoms with Gasteiger partial charge in [-0.3, -0.25) is 4.79 Å². The number of hydrogen-bond acceptors (Lipinski definition) is 2. The lowest BCUT2D eigenvalue weighted by Crippen LogP contribution is -2.24. The number of aliphatic hydroxyl groups excluding tert-OH is 1. The van der Waals surface area contributed by atoms with Gasteiger partial charge in [0.2, 0.25) is 0 Å². The zero-order valence-electron chi connectivity index (χ0n) is 8.66. The zero-order chi connectivity index (χ0) is 10.7. The van der Waals surface area contributed by atoms with Gasteiger partial charge in [0.15, 0.2) is 0 Å². The number of carbonyl (C=O) groups is 1. The third-order valence-corrected chi connectivity index (χ3v) is 2.24. The van der Waals surface area contributed by atoms with Crippen LogP contribution in [0.1, 0.15) is 18.1 Å². The molecule has 1 unspecified atom stereocenters. The van der Waals surface area contributed by atoms with Gasteiger partial charge < -0.3 is 10.4 Å². The van der Waals surface area contributed by atoms with Crippen LogP contribution in [-0.4, -0.2) is 17.1 Å². The molecular weight excluding hydrogens is 178 g/mol. The average Bonchev–Trinajstić information content (AvgIpc) is 2.12. The summed E-state index contributed by atoms with van der Waals surface area (Å²) in [4.78, 5) is 11.2. The van der Waals surface area contributed by atoms with Crippen molar-refractivity contribution < 1.29 is 9.90 Å². The number of aliphatic hydroxyl groups is 1. The predicted molar refractivity (Wildman–Crippen MR) is 56.2 cm³/mol. The van der Waals surface area contributed by atoms with Gasteiger partial charge in [-0.2, -0.15) is 0 Å². The van der Waals surface area contributed by atoms with Crippen LogP contribution in [0.2, 0.25) is 0 Å². The molecule has 2 N–H and O–H groups in total. The first kappa shape index (κ1) is 10.7. The first-order valence-corrected chi connectivity index (χ1v) is 4.57. The van der Waals surface area contributed by atoms with Gasteiger partial charge in [0.05, 0.1) is 0 Å². The van der Waals surface area contributed by atoms with Crippen molar-refractivity contribution in [2.24, 2.45) is 0 Å². The van der Waals surface area contributed by atoms with Gasteiger partial charge in [-0.1, -0.05) is 12.1 Å². The Morgan fingerprint density at radius 1 is 1.43 bits per heavy atom. The van der Waals surface area contributed by atoms with Gasteiger partial charge in [0.25, 0.3) is 5.91 Å². The SMILES string of the molecule is Cc1cccc(NC(=O)C(C)O)c1C. The summed E-state index contributed by atoms with van der Waals surface area (Å²) in [5.41, 5.74) is 2.91. The van der Waals surface area contributed by atoms with Crippen LogP contribution in [0.25, 0.3) is 0 Å². The van der Waals surface area contributed by atoms with Crippen LogP contribution in [0.4, 0.5) is 5.69 Å². The van der Waals surface area contributed by atoms with Gasteiger partial charge in [-0.15, -0.1) is 0 Å². The Bertz CT molecular complexity index is 345. The number of nitrogens with one attached hydrogen (secondary N) is 1. The largest absolute Gasteiger partial charge is 0.384 e. The highest BCUT2D eigenvalue weighted by atomic mass is 16.3. The van der Waals surface area contributed by atoms with Crippen LogP contribution in [-0.2, 0) is 4.79 Å². The number of rotatable bonds is 2. The second kappa shape index (κ2) is 4.24. The molecule has 14 heavy (non-hydrogen) atoms. The van der Waals surface area contributed by atoms with Gasteiger partial charge in [0.1, 0.15) is 6.10 Å². The van der Waals surface area contributed by atoms with E-state index in [4.69, 9.17) is 5.11 Å². The minimum Gasteiger partial charge on any atom is -0.384 e. The van der Waals surface area contributed by atoms with E-state index in [1.165, 1.54) is 6.92 Å². The van der Waals surface area contributed by atoms with Crippen molar-refractivity contribution in [3.63, 3.8) is 0 Å². The Hall–Kier alpha value is -1.35. The number of hydrogen-bond donors (Lipinski definition) is 2. The first-order chi connectivity index (χ1) is 6.52. The molecule has 0 saturated heterocycles. The van der Waals surface area contributed by atoms with Crippen molar-refractivity contribution in [3.05, 3.63) is 29.3 Å². The van der Waals surface area contributed by atoms with Crippen LogP contribution in [0.3, 0.4) is 0 Å². The number of aryl methyl sites for hydroxylation is 1. The normalized spacial score (nSPS) is 12.3. The quantitative estimate of drug-likeness (QED) is 0.749. The lowest BCUT2D eigenvalue weighted by atomic mass is 10.1. The van der Waals surface area contributed by atoms with E-state index in [0.717, 1.165) is 16.8 Å². The summed E-state index contributed by atoms with van der Waals surface area (Å²) in [7, 11) is 0. The van der Waals surface area contributed by atoms with E-state index in [9.17, 15) is 4.79 Å². The fourth-order valence-electron chi connectivity index (χ4n) is 1.12. The van der Waals surface area contributed by atoms with Crippen LogP contribution in [0.5, 0.6) is 0 Å². The Morgan fingerprint density at radius 3 is 2.64 bits per heavy atom. The molecule has 0 spiro atoms. The van der Waals surface area contributed by atoms with E-state index in [1.54, 1.807) is 0 Å². The summed E-state index contributed by atoms with van der Waals surface area (Å²) in [6.45, 7) is 5.36. The Morgan fingerprint density at radius 2 is 2.07 bits per heavy atom. The molecule has 1 aromatic rings. The molecule has 0 radical (unpaired) electrons. The molecule has 0 aliphatic carbocycles. The molecule has 0 aliphatic heterocycles. The molecule has 0 aliphatic rings. The number of benzene rings is 1. The third-order valence-electron chi connectivity index (χ3n) is 2.24. The highest BCUT2D eigenvalue weighted by molar-refractivity contribution is 5.94. The molecule has 3 nitrogen and oxygen atoms in total. The fraction of sp³-hybridized carbons (Fsp3) is 0.364. The second-order valence-electron chi connectivity index (χ2n) is 3.41. The van der Waals surface area contributed by atoms with E-state index in [1.807, 2.05) is 32.0 Å². The van der Waals surface area contributed by atoms with Crippen molar-refractivity contribution in [2.45, 2.75) is 26.9 Å². The van der Waals surface area contributed by atoms with Gasteiger partial charge >= 0.3 is 0 Å². The maximum atomic E-state index is 11.2. The van der Waals surface area contributed by atoms with Crippen molar-refractivity contribution >= 4 is 11.6 Å². The molecule has 0 heterocycles. The highest BCUT2D eigenvalue weighted by Gasteiger charge is 2.10.